The second kappa shape index (κ2) is 6.79. The van der Waals surface area contributed by atoms with E-state index in [1.807, 2.05) is 0 Å². The lowest BCUT2D eigenvalue weighted by Gasteiger charge is -2.71. The van der Waals surface area contributed by atoms with Gasteiger partial charge in [-0.15, -0.1) is 0 Å². The standard InChI is InChI=1S/C26H39NO8/c1-6-27-11-22(3)8-7-16(31-4)25-19(22)20(35-13(2)28)26(21(25)27)24(33-12-34-26)10-15(29)14-9-23(25,30)18(24)17(14)32-5/h14-21,29-30H,6-12H2,1-5H3/t14-,15-,16+,17+,18+,19-,20+,21+,22+,23+,24-,25-,26-/m1/s1. The van der Waals surface area contributed by atoms with Gasteiger partial charge in [-0.3, -0.25) is 9.69 Å². The summed E-state index contributed by atoms with van der Waals surface area (Å²) in [5, 5.41) is 24.7. The van der Waals surface area contributed by atoms with E-state index in [2.05, 4.69) is 18.7 Å². The van der Waals surface area contributed by atoms with E-state index in [0.717, 1.165) is 25.9 Å². The molecular weight excluding hydrogens is 454 g/mol. The largest absolute Gasteiger partial charge is 0.459 e. The third kappa shape index (κ3) is 2.09. The second-order valence-corrected chi connectivity index (χ2v) is 12.7. The summed E-state index contributed by atoms with van der Waals surface area (Å²) < 4.78 is 32.1. The Morgan fingerprint density at radius 3 is 2.60 bits per heavy atom. The molecule has 0 radical (unpaired) electrons. The maximum Gasteiger partial charge on any atom is 0.303 e. The van der Waals surface area contributed by atoms with Crippen molar-refractivity contribution in [2.45, 2.75) is 93.7 Å². The molecule has 0 aromatic carbocycles. The van der Waals surface area contributed by atoms with Crippen molar-refractivity contribution in [1.82, 2.24) is 4.90 Å². The molecule has 2 heterocycles. The molecule has 13 atom stereocenters. The highest BCUT2D eigenvalue weighted by molar-refractivity contribution is 5.67. The van der Waals surface area contributed by atoms with Gasteiger partial charge in [0.25, 0.3) is 0 Å². The van der Waals surface area contributed by atoms with Gasteiger partial charge in [0.2, 0.25) is 0 Å². The molecule has 0 unspecified atom stereocenters. The number of hydrogen-bond donors (Lipinski definition) is 2. The molecule has 7 aliphatic rings. The van der Waals surface area contributed by atoms with Crippen LogP contribution in [0.1, 0.15) is 46.5 Å². The Balaban J connectivity index is 1.62. The summed E-state index contributed by atoms with van der Waals surface area (Å²) in [6.07, 6.45) is 0.473. The Hall–Kier alpha value is -0.810. The van der Waals surface area contributed by atoms with E-state index in [-0.39, 0.29) is 48.3 Å². The highest BCUT2D eigenvalue weighted by Crippen LogP contribution is 2.83. The minimum Gasteiger partial charge on any atom is -0.459 e. The number of nitrogens with zero attached hydrogens (tertiary/aromatic N) is 1. The van der Waals surface area contributed by atoms with Crippen LogP contribution in [-0.2, 0) is 28.5 Å². The van der Waals surface area contributed by atoms with Crippen molar-refractivity contribution in [3.05, 3.63) is 0 Å². The molecule has 9 heteroatoms. The lowest BCUT2D eigenvalue weighted by molar-refractivity contribution is -0.332. The Morgan fingerprint density at radius 1 is 1.17 bits per heavy atom. The highest BCUT2D eigenvalue weighted by atomic mass is 16.7. The van der Waals surface area contributed by atoms with E-state index < -0.39 is 40.3 Å². The summed E-state index contributed by atoms with van der Waals surface area (Å²) in [5.74, 6) is -1.16. The van der Waals surface area contributed by atoms with Crippen molar-refractivity contribution < 1.29 is 38.7 Å². The van der Waals surface area contributed by atoms with Crippen molar-refractivity contribution in [3.63, 3.8) is 0 Å². The fourth-order valence-electron chi connectivity index (χ4n) is 11.5. The zero-order valence-corrected chi connectivity index (χ0v) is 21.4. The van der Waals surface area contributed by atoms with Crippen LogP contribution in [0.4, 0.5) is 0 Å². The van der Waals surface area contributed by atoms with Gasteiger partial charge in [0.1, 0.15) is 18.5 Å². The molecule has 7 bridgehead atoms. The number of ether oxygens (including phenoxy) is 5. The van der Waals surface area contributed by atoms with E-state index in [0.29, 0.717) is 12.8 Å². The lowest BCUT2D eigenvalue weighted by Crippen LogP contribution is -2.85. The quantitative estimate of drug-likeness (QED) is 0.547. The van der Waals surface area contributed by atoms with Gasteiger partial charge in [0.05, 0.1) is 35.4 Å². The van der Waals surface area contributed by atoms with Crippen LogP contribution in [-0.4, -0.2) is 102 Å². The van der Waals surface area contributed by atoms with Gasteiger partial charge in [0.15, 0.2) is 5.60 Å². The first-order valence-electron chi connectivity index (χ1n) is 13.3. The predicted octanol–water partition coefficient (Wildman–Crippen LogP) is 0.696. The van der Waals surface area contributed by atoms with Crippen LogP contribution in [0.25, 0.3) is 0 Å². The first-order valence-corrected chi connectivity index (χ1v) is 13.3. The number of fused-ring (bicyclic) bond motifs is 1. The number of piperidine rings is 1. The summed E-state index contributed by atoms with van der Waals surface area (Å²) in [5.41, 5.74) is -4.30. The minimum absolute atomic E-state index is 0.0311. The Kier molecular flexibility index (Phi) is 4.52. The fraction of sp³-hybridized carbons (Fsp3) is 0.962. The van der Waals surface area contributed by atoms with Crippen molar-refractivity contribution in [1.29, 1.82) is 0 Å². The van der Waals surface area contributed by atoms with Crippen molar-refractivity contribution in [2.24, 2.45) is 28.6 Å². The van der Waals surface area contributed by atoms with E-state index in [1.54, 1.807) is 14.2 Å². The number of carbonyl (C=O) groups excluding carboxylic acids is 1. The molecule has 2 N–H and O–H groups in total. The zero-order valence-electron chi connectivity index (χ0n) is 21.4. The third-order valence-corrected chi connectivity index (χ3v) is 11.9. The highest BCUT2D eigenvalue weighted by Gasteiger charge is 2.97. The first kappa shape index (κ1) is 23.3. The summed E-state index contributed by atoms with van der Waals surface area (Å²) in [6.45, 7) is 7.51. The molecule has 0 aromatic rings. The molecule has 3 spiro atoms. The number of carbonyl (C=O) groups is 1. The van der Waals surface area contributed by atoms with E-state index in [9.17, 15) is 15.0 Å². The van der Waals surface area contributed by atoms with Gasteiger partial charge in [-0.1, -0.05) is 13.8 Å². The molecule has 0 aromatic heterocycles. The average Bonchev–Trinajstić information content (AvgIpc) is 3.36. The second-order valence-electron chi connectivity index (χ2n) is 12.7. The van der Waals surface area contributed by atoms with Gasteiger partial charge < -0.3 is 33.9 Å². The number of esters is 1. The molecule has 9 nitrogen and oxygen atoms in total. The van der Waals surface area contributed by atoms with Gasteiger partial charge in [0, 0.05) is 51.9 Å². The number of likely N-dealkylation sites (N-methyl/N-ethyl adjacent to an activating group) is 1. The SMILES string of the molecule is CCN1C[C@]2(C)CC[C@H](OC)[C@]34[C@@H]2[C@H](OC(C)=O)[C@@]2(OCO[C@@]25C[C@@H](O)[C@H]2C[C@]3(O)[C@@H]5[C@H]2OC)[C@@H]14. The van der Waals surface area contributed by atoms with Crippen molar-refractivity contribution >= 4 is 5.97 Å². The molecule has 196 valence electrons. The molecule has 5 saturated carbocycles. The van der Waals surface area contributed by atoms with Crippen LogP contribution in [0, 0.1) is 28.6 Å². The van der Waals surface area contributed by atoms with E-state index in [4.69, 9.17) is 23.7 Å². The summed E-state index contributed by atoms with van der Waals surface area (Å²) in [7, 11) is 3.40. The number of likely N-dealkylation sites (tertiary alicyclic amines) is 1. The van der Waals surface area contributed by atoms with Crippen LogP contribution in [0.3, 0.4) is 0 Å². The maximum absolute atomic E-state index is 13.3. The summed E-state index contributed by atoms with van der Waals surface area (Å²) >= 11 is 0. The maximum atomic E-state index is 13.3. The normalized spacial score (nSPS) is 61.6. The summed E-state index contributed by atoms with van der Waals surface area (Å²) in [4.78, 5) is 15.1. The third-order valence-electron chi connectivity index (χ3n) is 11.9. The molecule has 2 aliphatic heterocycles. The topological polar surface area (TPSA) is 107 Å². The van der Waals surface area contributed by atoms with Gasteiger partial charge in [-0.2, -0.15) is 0 Å². The van der Waals surface area contributed by atoms with Crippen LogP contribution in [0.15, 0.2) is 0 Å². The Morgan fingerprint density at radius 2 is 1.94 bits per heavy atom. The Bertz CT molecular complexity index is 964. The fourth-order valence-corrected chi connectivity index (χ4v) is 11.5. The molecule has 5 aliphatic carbocycles. The molecular formula is C26H39NO8. The first-order chi connectivity index (χ1) is 16.6. The molecule has 0 amide bonds. The van der Waals surface area contributed by atoms with Crippen LogP contribution >= 0.6 is 0 Å². The van der Waals surface area contributed by atoms with E-state index >= 15 is 0 Å². The zero-order chi connectivity index (χ0) is 24.8. The van der Waals surface area contributed by atoms with Crippen LogP contribution < -0.4 is 0 Å². The molecule has 7 fully saturated rings. The number of hydrogen-bond acceptors (Lipinski definition) is 9. The average molecular weight is 494 g/mol. The lowest BCUT2D eigenvalue weighted by atomic mass is 9.41. The number of methoxy groups -OCH3 is 2. The minimum atomic E-state index is -1.24. The van der Waals surface area contributed by atoms with Crippen LogP contribution in [0.5, 0.6) is 0 Å². The number of aliphatic hydroxyl groups excluding tert-OH is 1. The smallest absolute Gasteiger partial charge is 0.303 e. The molecule has 2 saturated heterocycles. The van der Waals surface area contributed by atoms with E-state index in [1.165, 1.54) is 6.92 Å². The monoisotopic (exact) mass is 493 g/mol. The summed E-state index contributed by atoms with van der Waals surface area (Å²) in [6, 6.07) is -0.280. The number of rotatable bonds is 4. The number of aliphatic hydroxyl groups is 2. The van der Waals surface area contributed by atoms with Crippen LogP contribution in [0.2, 0.25) is 0 Å². The molecule has 7 rings (SSSR count). The van der Waals surface area contributed by atoms with Crippen molar-refractivity contribution in [2.75, 3.05) is 34.1 Å². The molecule has 35 heavy (non-hydrogen) atoms. The van der Waals surface area contributed by atoms with Gasteiger partial charge in [-0.25, -0.2) is 0 Å². The van der Waals surface area contributed by atoms with Crippen molar-refractivity contribution in [3.8, 4) is 0 Å². The van der Waals surface area contributed by atoms with Gasteiger partial charge >= 0.3 is 5.97 Å². The Labute approximate surface area is 206 Å². The van der Waals surface area contributed by atoms with Gasteiger partial charge in [-0.05, 0) is 31.2 Å². The predicted molar refractivity (Wildman–Crippen MR) is 121 cm³/mol.